The second-order valence-corrected chi connectivity index (χ2v) is 4.82. The molecular weight excluding hydrogens is 184 g/mol. The molecule has 0 amide bonds. The molecule has 0 spiro atoms. The van der Waals surface area contributed by atoms with Gasteiger partial charge in [0.15, 0.2) is 0 Å². The van der Waals surface area contributed by atoms with Crippen LogP contribution in [0.3, 0.4) is 0 Å². The van der Waals surface area contributed by atoms with Gasteiger partial charge in [0.2, 0.25) is 0 Å². The van der Waals surface area contributed by atoms with Crippen LogP contribution in [0.15, 0.2) is 15.9 Å². The van der Waals surface area contributed by atoms with Crippen LogP contribution in [0.2, 0.25) is 0 Å². The summed E-state index contributed by atoms with van der Waals surface area (Å²) in [5.41, 5.74) is 6.77. The van der Waals surface area contributed by atoms with Crippen LogP contribution >= 0.6 is 11.8 Å². The molecule has 1 heterocycles. The molecule has 0 aromatic carbocycles. The van der Waals surface area contributed by atoms with Gasteiger partial charge in [0.05, 0.1) is 5.69 Å². The average Bonchev–Trinajstić information content (AvgIpc) is 2.62. The molecule has 4 heteroatoms. The first kappa shape index (κ1) is 9.09. The molecular formula is C9H14N2OS. The summed E-state index contributed by atoms with van der Waals surface area (Å²) in [5.74, 6) is 0. The van der Waals surface area contributed by atoms with Gasteiger partial charge >= 0.3 is 0 Å². The van der Waals surface area contributed by atoms with Crippen molar-refractivity contribution in [3.05, 3.63) is 12.0 Å². The van der Waals surface area contributed by atoms with Crippen LogP contribution in [0.5, 0.6) is 0 Å². The molecule has 1 fully saturated rings. The Morgan fingerprint density at radius 2 is 2.46 bits per heavy atom. The van der Waals surface area contributed by atoms with Gasteiger partial charge in [0.25, 0.3) is 5.22 Å². The Labute approximate surface area is 82.1 Å². The Hall–Kier alpha value is -0.480. The first-order valence-corrected chi connectivity index (χ1v) is 5.46. The number of hydrogen-bond donors (Lipinski definition) is 1. The summed E-state index contributed by atoms with van der Waals surface area (Å²) in [6.45, 7) is 1.94. The maximum atomic E-state index is 5.82. The highest BCUT2D eigenvalue weighted by Crippen LogP contribution is 2.33. The van der Waals surface area contributed by atoms with Crippen LogP contribution in [0.1, 0.15) is 25.0 Å². The van der Waals surface area contributed by atoms with Gasteiger partial charge in [-0.3, -0.25) is 0 Å². The molecule has 0 saturated heterocycles. The van der Waals surface area contributed by atoms with Gasteiger partial charge in [0, 0.05) is 11.3 Å². The first-order chi connectivity index (χ1) is 6.24. The third-order valence-electron chi connectivity index (χ3n) is 2.29. The van der Waals surface area contributed by atoms with E-state index in [2.05, 4.69) is 4.98 Å². The van der Waals surface area contributed by atoms with Crippen LogP contribution in [-0.4, -0.2) is 16.3 Å². The molecule has 1 saturated carbocycles. The van der Waals surface area contributed by atoms with E-state index in [0.29, 0.717) is 11.3 Å². The largest absolute Gasteiger partial charge is 0.440 e. The van der Waals surface area contributed by atoms with Crippen molar-refractivity contribution in [2.75, 3.05) is 0 Å². The van der Waals surface area contributed by atoms with E-state index in [1.807, 2.05) is 6.92 Å². The number of hydrogen-bond acceptors (Lipinski definition) is 4. The van der Waals surface area contributed by atoms with E-state index >= 15 is 0 Å². The van der Waals surface area contributed by atoms with Gasteiger partial charge in [-0.25, -0.2) is 4.98 Å². The van der Waals surface area contributed by atoms with Crippen molar-refractivity contribution in [2.24, 2.45) is 5.73 Å². The number of nitrogens with zero attached hydrogens (tertiary/aromatic N) is 1. The number of nitrogens with two attached hydrogens (primary N) is 1. The van der Waals surface area contributed by atoms with Crippen molar-refractivity contribution in [1.82, 2.24) is 4.98 Å². The normalized spacial score (nSPS) is 28.2. The molecule has 0 bridgehead atoms. The monoisotopic (exact) mass is 198 g/mol. The molecule has 72 valence electrons. The Kier molecular flexibility index (Phi) is 2.60. The molecule has 2 rings (SSSR count). The topological polar surface area (TPSA) is 52.0 Å². The Bertz CT molecular complexity index is 287. The fourth-order valence-electron chi connectivity index (χ4n) is 1.61. The highest BCUT2D eigenvalue weighted by atomic mass is 32.2. The SMILES string of the molecule is Cc1coc(SC2CCC(N)C2)n1. The summed E-state index contributed by atoms with van der Waals surface area (Å²) in [6, 6.07) is 0.383. The van der Waals surface area contributed by atoms with Crippen LogP contribution in [0.25, 0.3) is 0 Å². The molecule has 0 radical (unpaired) electrons. The summed E-state index contributed by atoms with van der Waals surface area (Å²) in [7, 11) is 0. The summed E-state index contributed by atoms with van der Waals surface area (Å²) in [5, 5.41) is 1.39. The molecule has 1 aromatic rings. The lowest BCUT2D eigenvalue weighted by Gasteiger charge is -2.04. The van der Waals surface area contributed by atoms with Crippen LogP contribution in [-0.2, 0) is 0 Å². The van der Waals surface area contributed by atoms with Crippen molar-refractivity contribution < 1.29 is 4.42 Å². The van der Waals surface area contributed by atoms with Gasteiger partial charge in [0.1, 0.15) is 6.26 Å². The lowest BCUT2D eigenvalue weighted by molar-refractivity contribution is 0.453. The van der Waals surface area contributed by atoms with Crippen molar-refractivity contribution in [2.45, 2.75) is 42.7 Å². The van der Waals surface area contributed by atoms with Crippen LogP contribution in [0.4, 0.5) is 0 Å². The molecule has 0 aliphatic heterocycles. The van der Waals surface area contributed by atoms with Crippen molar-refractivity contribution in [3.8, 4) is 0 Å². The second-order valence-electron chi connectivity index (χ2n) is 3.57. The zero-order valence-corrected chi connectivity index (χ0v) is 8.51. The van der Waals surface area contributed by atoms with E-state index in [1.165, 1.54) is 6.42 Å². The predicted octanol–water partition coefficient (Wildman–Crippen LogP) is 1.95. The molecule has 2 N–H and O–H groups in total. The highest BCUT2D eigenvalue weighted by molar-refractivity contribution is 7.99. The van der Waals surface area contributed by atoms with E-state index < -0.39 is 0 Å². The zero-order valence-electron chi connectivity index (χ0n) is 7.69. The molecule has 13 heavy (non-hydrogen) atoms. The fourth-order valence-corrected chi connectivity index (χ4v) is 2.79. The minimum atomic E-state index is 0.383. The molecule has 3 nitrogen and oxygen atoms in total. The van der Waals surface area contributed by atoms with Crippen LogP contribution < -0.4 is 5.73 Å². The smallest absolute Gasteiger partial charge is 0.256 e. The van der Waals surface area contributed by atoms with Crippen molar-refractivity contribution >= 4 is 11.8 Å². The lowest BCUT2D eigenvalue weighted by Crippen LogP contribution is -2.15. The quantitative estimate of drug-likeness (QED) is 0.789. The van der Waals surface area contributed by atoms with Gasteiger partial charge in [-0.2, -0.15) is 0 Å². The summed E-state index contributed by atoms with van der Waals surface area (Å²) in [6.07, 6.45) is 5.11. The molecule has 1 aliphatic rings. The van der Waals surface area contributed by atoms with E-state index in [9.17, 15) is 0 Å². The number of oxazole rings is 1. The Morgan fingerprint density at radius 1 is 1.62 bits per heavy atom. The van der Waals surface area contributed by atoms with Crippen molar-refractivity contribution in [1.29, 1.82) is 0 Å². The first-order valence-electron chi connectivity index (χ1n) is 4.58. The Balaban J connectivity index is 1.91. The maximum Gasteiger partial charge on any atom is 0.256 e. The average molecular weight is 198 g/mol. The maximum absolute atomic E-state index is 5.82. The van der Waals surface area contributed by atoms with Gasteiger partial charge in [-0.05, 0) is 26.2 Å². The highest BCUT2D eigenvalue weighted by Gasteiger charge is 2.23. The van der Waals surface area contributed by atoms with E-state index in [0.717, 1.165) is 23.8 Å². The zero-order chi connectivity index (χ0) is 9.26. The molecule has 1 aliphatic carbocycles. The number of aromatic nitrogens is 1. The van der Waals surface area contributed by atoms with Gasteiger partial charge in [-0.15, -0.1) is 0 Å². The summed E-state index contributed by atoms with van der Waals surface area (Å²) in [4.78, 5) is 4.25. The van der Waals surface area contributed by atoms with Crippen molar-refractivity contribution in [3.63, 3.8) is 0 Å². The standard InChI is InChI=1S/C9H14N2OS/c1-6-5-12-9(11-6)13-8-3-2-7(10)4-8/h5,7-8H,2-4,10H2,1H3. The van der Waals surface area contributed by atoms with Gasteiger partial charge < -0.3 is 10.2 Å². The minimum Gasteiger partial charge on any atom is -0.440 e. The number of thioether (sulfide) groups is 1. The third kappa shape index (κ3) is 2.25. The lowest BCUT2D eigenvalue weighted by atomic mass is 10.3. The fraction of sp³-hybridized carbons (Fsp3) is 0.667. The third-order valence-corrected chi connectivity index (χ3v) is 3.44. The predicted molar refractivity (Wildman–Crippen MR) is 52.7 cm³/mol. The molecule has 2 atom stereocenters. The Morgan fingerprint density at radius 3 is 3.00 bits per heavy atom. The molecule has 1 aromatic heterocycles. The van der Waals surface area contributed by atoms with Crippen LogP contribution in [0, 0.1) is 6.92 Å². The second kappa shape index (κ2) is 3.72. The van der Waals surface area contributed by atoms with E-state index in [4.69, 9.17) is 10.2 Å². The summed E-state index contributed by atoms with van der Waals surface area (Å²) >= 11 is 1.72. The van der Waals surface area contributed by atoms with E-state index in [-0.39, 0.29) is 0 Å². The summed E-state index contributed by atoms with van der Waals surface area (Å²) < 4.78 is 5.27. The molecule has 2 unspecified atom stereocenters. The van der Waals surface area contributed by atoms with Gasteiger partial charge in [-0.1, -0.05) is 11.8 Å². The van der Waals surface area contributed by atoms with E-state index in [1.54, 1.807) is 18.0 Å². The number of aryl methyl sites for hydroxylation is 1. The number of rotatable bonds is 2. The minimum absolute atomic E-state index is 0.383.